The molecule has 4 aromatic rings. The summed E-state index contributed by atoms with van der Waals surface area (Å²) in [6.07, 6.45) is 4.40. The van der Waals surface area contributed by atoms with Crippen molar-refractivity contribution in [2.24, 2.45) is 0 Å². The second kappa shape index (κ2) is 7.92. The summed E-state index contributed by atoms with van der Waals surface area (Å²) in [5.41, 5.74) is 10.7. The summed E-state index contributed by atoms with van der Waals surface area (Å²) in [7, 11) is 3.19. The number of benzene rings is 1. The summed E-state index contributed by atoms with van der Waals surface area (Å²) in [5, 5.41) is 0.682. The second-order valence-corrected chi connectivity index (χ2v) is 7.57. The van der Waals surface area contributed by atoms with E-state index >= 15 is 0 Å². The fourth-order valence-corrected chi connectivity index (χ4v) is 4.11. The number of aryl methyl sites for hydroxylation is 1. The Morgan fingerprint density at radius 1 is 1.06 bits per heavy atom. The molecule has 0 aliphatic carbocycles. The van der Waals surface area contributed by atoms with Gasteiger partial charge in [-0.1, -0.05) is 6.07 Å². The molecular formula is C23H23N7O2. The minimum absolute atomic E-state index is 0.359. The Bertz CT molecular complexity index is 1310. The summed E-state index contributed by atoms with van der Waals surface area (Å²) >= 11 is 0. The van der Waals surface area contributed by atoms with Gasteiger partial charge in [-0.3, -0.25) is 4.98 Å². The predicted octanol–water partition coefficient (Wildman–Crippen LogP) is 2.95. The number of aromatic nitrogens is 5. The van der Waals surface area contributed by atoms with Crippen molar-refractivity contribution in [2.45, 2.75) is 19.9 Å². The standard InChI is InChI=1S/C23H23N7O2/c1-13-26-11-14-12-30(9-7-15(14)27-13)23-28-17-10-18(31-2)21(32-3)19(20(17)22(24)29-23)16-6-4-5-8-25-16/h4-6,8,10-11H,7,9,12H2,1-3H3,(H2,24,28,29). The van der Waals surface area contributed by atoms with Crippen molar-refractivity contribution in [1.29, 1.82) is 0 Å². The molecule has 3 aromatic heterocycles. The smallest absolute Gasteiger partial charge is 0.228 e. The number of nitrogens with zero attached hydrogens (tertiary/aromatic N) is 6. The summed E-state index contributed by atoms with van der Waals surface area (Å²) in [4.78, 5) is 25.0. The number of hydrogen-bond acceptors (Lipinski definition) is 9. The first-order chi connectivity index (χ1) is 15.6. The van der Waals surface area contributed by atoms with E-state index in [0.29, 0.717) is 52.0 Å². The van der Waals surface area contributed by atoms with Crippen LogP contribution in [0.2, 0.25) is 0 Å². The van der Waals surface area contributed by atoms with E-state index in [1.54, 1.807) is 20.4 Å². The molecule has 5 rings (SSSR count). The van der Waals surface area contributed by atoms with Crippen LogP contribution in [0.15, 0.2) is 36.7 Å². The third kappa shape index (κ3) is 3.31. The molecule has 0 spiro atoms. The average Bonchev–Trinajstić information content (AvgIpc) is 2.82. The van der Waals surface area contributed by atoms with E-state index in [1.807, 2.05) is 37.4 Å². The zero-order valence-electron chi connectivity index (χ0n) is 18.2. The fourth-order valence-electron chi connectivity index (χ4n) is 4.11. The number of pyridine rings is 1. The summed E-state index contributed by atoms with van der Waals surface area (Å²) < 4.78 is 11.3. The molecule has 0 saturated heterocycles. The molecule has 0 amide bonds. The van der Waals surface area contributed by atoms with Gasteiger partial charge in [-0.2, -0.15) is 4.98 Å². The highest BCUT2D eigenvalue weighted by Gasteiger charge is 2.25. The molecule has 1 aliphatic rings. The van der Waals surface area contributed by atoms with E-state index in [4.69, 9.17) is 20.2 Å². The Balaban J connectivity index is 1.66. The van der Waals surface area contributed by atoms with Crippen LogP contribution in [0.3, 0.4) is 0 Å². The summed E-state index contributed by atoms with van der Waals surface area (Å²) in [5.74, 6) is 2.79. The van der Waals surface area contributed by atoms with Crippen molar-refractivity contribution in [3.8, 4) is 22.8 Å². The Hall–Kier alpha value is -4.01. The van der Waals surface area contributed by atoms with Crippen LogP contribution in [0.1, 0.15) is 17.1 Å². The van der Waals surface area contributed by atoms with Crippen molar-refractivity contribution in [3.05, 3.63) is 53.7 Å². The average molecular weight is 429 g/mol. The Labute approximate surface area is 185 Å². The van der Waals surface area contributed by atoms with Crippen LogP contribution >= 0.6 is 0 Å². The number of methoxy groups -OCH3 is 2. The lowest BCUT2D eigenvalue weighted by Crippen LogP contribution is -2.32. The largest absolute Gasteiger partial charge is 0.493 e. The first kappa shape index (κ1) is 19.9. The third-order valence-electron chi connectivity index (χ3n) is 5.60. The van der Waals surface area contributed by atoms with Gasteiger partial charge < -0.3 is 20.1 Å². The summed E-state index contributed by atoms with van der Waals surface area (Å²) in [6.45, 7) is 3.27. The molecule has 4 heterocycles. The molecule has 2 N–H and O–H groups in total. The van der Waals surface area contributed by atoms with Gasteiger partial charge in [0, 0.05) is 43.5 Å². The molecule has 0 radical (unpaired) electrons. The van der Waals surface area contributed by atoms with Crippen LogP contribution in [0, 0.1) is 6.92 Å². The van der Waals surface area contributed by atoms with Gasteiger partial charge >= 0.3 is 0 Å². The van der Waals surface area contributed by atoms with Crippen molar-refractivity contribution < 1.29 is 9.47 Å². The summed E-state index contributed by atoms with van der Waals surface area (Å²) in [6, 6.07) is 7.49. The minimum atomic E-state index is 0.359. The van der Waals surface area contributed by atoms with Crippen molar-refractivity contribution >= 4 is 22.7 Å². The predicted molar refractivity (Wildman–Crippen MR) is 122 cm³/mol. The Morgan fingerprint density at radius 3 is 2.69 bits per heavy atom. The van der Waals surface area contributed by atoms with Gasteiger partial charge in [0.2, 0.25) is 5.95 Å². The normalized spacial score (nSPS) is 13.2. The molecule has 9 nitrogen and oxygen atoms in total. The Morgan fingerprint density at radius 2 is 1.94 bits per heavy atom. The maximum Gasteiger partial charge on any atom is 0.228 e. The molecule has 0 saturated carbocycles. The molecule has 0 fully saturated rings. The van der Waals surface area contributed by atoms with E-state index in [9.17, 15) is 0 Å². The van der Waals surface area contributed by atoms with Crippen LogP contribution in [-0.2, 0) is 13.0 Å². The van der Waals surface area contributed by atoms with Gasteiger partial charge in [-0.15, -0.1) is 0 Å². The maximum atomic E-state index is 6.50. The lowest BCUT2D eigenvalue weighted by Gasteiger charge is -2.28. The second-order valence-electron chi connectivity index (χ2n) is 7.57. The van der Waals surface area contributed by atoms with Crippen molar-refractivity contribution in [1.82, 2.24) is 24.9 Å². The molecule has 32 heavy (non-hydrogen) atoms. The van der Waals surface area contributed by atoms with Crippen LogP contribution in [0.5, 0.6) is 11.5 Å². The van der Waals surface area contributed by atoms with Crippen LogP contribution < -0.4 is 20.1 Å². The minimum Gasteiger partial charge on any atom is -0.493 e. The van der Waals surface area contributed by atoms with E-state index in [2.05, 4.69) is 24.8 Å². The lowest BCUT2D eigenvalue weighted by atomic mass is 10.0. The molecule has 0 atom stereocenters. The molecule has 1 aromatic carbocycles. The highest BCUT2D eigenvalue weighted by Crippen LogP contribution is 2.44. The van der Waals surface area contributed by atoms with E-state index in [-0.39, 0.29) is 0 Å². The highest BCUT2D eigenvalue weighted by atomic mass is 16.5. The third-order valence-corrected chi connectivity index (χ3v) is 5.60. The van der Waals surface area contributed by atoms with Gasteiger partial charge in [-0.25, -0.2) is 15.0 Å². The van der Waals surface area contributed by atoms with E-state index in [0.717, 1.165) is 30.0 Å². The number of fused-ring (bicyclic) bond motifs is 2. The van der Waals surface area contributed by atoms with Crippen LogP contribution in [0.4, 0.5) is 11.8 Å². The Kier molecular flexibility index (Phi) is 4.93. The van der Waals surface area contributed by atoms with E-state index < -0.39 is 0 Å². The molecular weight excluding hydrogens is 406 g/mol. The molecule has 0 unspecified atom stereocenters. The quantitative estimate of drug-likeness (QED) is 0.523. The molecule has 0 bridgehead atoms. The zero-order valence-corrected chi connectivity index (χ0v) is 18.2. The first-order valence-corrected chi connectivity index (χ1v) is 10.3. The van der Waals surface area contributed by atoms with Crippen molar-refractivity contribution in [2.75, 3.05) is 31.4 Å². The number of nitrogen functional groups attached to an aromatic ring is 1. The topological polar surface area (TPSA) is 112 Å². The molecule has 1 aliphatic heterocycles. The maximum absolute atomic E-state index is 6.50. The van der Waals surface area contributed by atoms with Gasteiger partial charge in [0.15, 0.2) is 11.5 Å². The zero-order chi connectivity index (χ0) is 22.2. The van der Waals surface area contributed by atoms with Crippen LogP contribution in [0.25, 0.3) is 22.2 Å². The van der Waals surface area contributed by atoms with Gasteiger partial charge in [0.1, 0.15) is 11.6 Å². The van der Waals surface area contributed by atoms with E-state index in [1.165, 1.54) is 0 Å². The number of ether oxygens (including phenoxy) is 2. The fraction of sp³-hybridized carbons (Fsp3) is 0.261. The van der Waals surface area contributed by atoms with Gasteiger partial charge in [-0.05, 0) is 19.1 Å². The van der Waals surface area contributed by atoms with Crippen LogP contribution in [-0.4, -0.2) is 45.7 Å². The lowest BCUT2D eigenvalue weighted by molar-refractivity contribution is 0.357. The SMILES string of the molecule is COc1cc2nc(N3CCc4nc(C)ncc4C3)nc(N)c2c(-c2ccccn2)c1OC. The van der Waals surface area contributed by atoms with Gasteiger partial charge in [0.05, 0.1) is 42.1 Å². The molecule has 9 heteroatoms. The first-order valence-electron chi connectivity index (χ1n) is 10.3. The number of rotatable bonds is 4. The number of hydrogen-bond donors (Lipinski definition) is 1. The number of nitrogens with two attached hydrogens (primary N) is 1. The number of anilines is 2. The molecule has 162 valence electrons. The highest BCUT2D eigenvalue weighted by molar-refractivity contribution is 6.05. The monoisotopic (exact) mass is 429 g/mol. The van der Waals surface area contributed by atoms with Gasteiger partial charge in [0.25, 0.3) is 0 Å². The van der Waals surface area contributed by atoms with Crippen molar-refractivity contribution in [3.63, 3.8) is 0 Å².